The van der Waals surface area contributed by atoms with Gasteiger partial charge in [0, 0.05) is 24.3 Å². The van der Waals surface area contributed by atoms with Crippen molar-refractivity contribution in [2.45, 2.75) is 13.5 Å². The van der Waals surface area contributed by atoms with Gasteiger partial charge >= 0.3 is 0 Å². The summed E-state index contributed by atoms with van der Waals surface area (Å²) in [6.07, 6.45) is 0. The molecule has 2 aromatic rings. The second-order valence-electron chi connectivity index (χ2n) is 4.57. The fourth-order valence-electron chi connectivity index (χ4n) is 1.97. The molecule has 0 heterocycles. The van der Waals surface area contributed by atoms with E-state index in [1.165, 1.54) is 12.1 Å². The topological polar surface area (TPSA) is 46.3 Å². The zero-order chi connectivity index (χ0) is 14.5. The standard InChI is InChI=1S/C16H17FN2O/c1-2-19(11-12-6-8-15(18)9-7-12)16(20)13-4-3-5-14(17)10-13/h3-10H,2,11,18H2,1H3. The van der Waals surface area contributed by atoms with Crippen LogP contribution in [0.4, 0.5) is 10.1 Å². The Hall–Kier alpha value is -2.36. The van der Waals surface area contributed by atoms with Crippen LogP contribution in [0, 0.1) is 5.82 Å². The second kappa shape index (κ2) is 6.19. The lowest BCUT2D eigenvalue weighted by Gasteiger charge is -2.21. The van der Waals surface area contributed by atoms with Gasteiger partial charge in [0.25, 0.3) is 5.91 Å². The van der Waals surface area contributed by atoms with Gasteiger partial charge in [-0.05, 0) is 42.8 Å². The van der Waals surface area contributed by atoms with Crippen LogP contribution in [0.15, 0.2) is 48.5 Å². The van der Waals surface area contributed by atoms with Crippen molar-refractivity contribution in [2.75, 3.05) is 12.3 Å². The lowest BCUT2D eigenvalue weighted by atomic mass is 10.1. The molecule has 2 aromatic carbocycles. The molecule has 0 unspecified atom stereocenters. The number of halogens is 1. The second-order valence-corrected chi connectivity index (χ2v) is 4.57. The van der Waals surface area contributed by atoms with Gasteiger partial charge in [-0.3, -0.25) is 4.79 Å². The lowest BCUT2D eigenvalue weighted by Crippen LogP contribution is -2.30. The number of nitrogens with two attached hydrogens (primary N) is 1. The van der Waals surface area contributed by atoms with Crippen molar-refractivity contribution in [1.82, 2.24) is 4.90 Å². The SMILES string of the molecule is CCN(Cc1ccc(N)cc1)C(=O)c1cccc(F)c1. The quantitative estimate of drug-likeness (QED) is 0.869. The molecule has 2 rings (SSSR count). The number of amides is 1. The minimum Gasteiger partial charge on any atom is -0.399 e. The zero-order valence-electron chi connectivity index (χ0n) is 11.3. The average molecular weight is 272 g/mol. The van der Waals surface area contributed by atoms with E-state index in [1.54, 1.807) is 29.2 Å². The average Bonchev–Trinajstić information content (AvgIpc) is 2.46. The van der Waals surface area contributed by atoms with Crippen molar-refractivity contribution in [1.29, 1.82) is 0 Å². The highest BCUT2D eigenvalue weighted by molar-refractivity contribution is 5.94. The molecule has 0 saturated carbocycles. The third kappa shape index (κ3) is 3.35. The lowest BCUT2D eigenvalue weighted by molar-refractivity contribution is 0.0752. The van der Waals surface area contributed by atoms with Crippen LogP contribution in [-0.4, -0.2) is 17.4 Å². The van der Waals surface area contributed by atoms with E-state index in [0.717, 1.165) is 5.56 Å². The highest BCUT2D eigenvalue weighted by Gasteiger charge is 2.14. The molecule has 0 atom stereocenters. The van der Waals surface area contributed by atoms with Crippen LogP contribution in [-0.2, 0) is 6.54 Å². The van der Waals surface area contributed by atoms with Gasteiger partial charge in [0.15, 0.2) is 0 Å². The van der Waals surface area contributed by atoms with Crippen LogP contribution in [0.3, 0.4) is 0 Å². The Balaban J connectivity index is 2.15. The highest BCUT2D eigenvalue weighted by Crippen LogP contribution is 2.12. The number of hydrogen-bond donors (Lipinski definition) is 1. The summed E-state index contributed by atoms with van der Waals surface area (Å²) in [7, 11) is 0. The number of nitrogens with zero attached hydrogens (tertiary/aromatic N) is 1. The van der Waals surface area contributed by atoms with Crippen molar-refractivity contribution < 1.29 is 9.18 Å². The Morgan fingerprint density at radius 3 is 2.50 bits per heavy atom. The molecule has 0 bridgehead atoms. The van der Waals surface area contributed by atoms with Crippen molar-refractivity contribution in [2.24, 2.45) is 0 Å². The first kappa shape index (κ1) is 14.1. The van der Waals surface area contributed by atoms with E-state index >= 15 is 0 Å². The Bertz CT molecular complexity index is 596. The molecule has 0 aromatic heterocycles. The molecule has 0 radical (unpaired) electrons. The van der Waals surface area contributed by atoms with Crippen LogP contribution < -0.4 is 5.73 Å². The number of carbonyl (C=O) groups excluding carboxylic acids is 1. The van der Waals surface area contributed by atoms with Gasteiger partial charge in [0.05, 0.1) is 0 Å². The molecule has 0 aliphatic heterocycles. The van der Waals surface area contributed by atoms with Crippen molar-refractivity contribution in [3.05, 3.63) is 65.5 Å². The summed E-state index contributed by atoms with van der Waals surface area (Å²) in [5.41, 5.74) is 7.68. The Labute approximate surface area is 117 Å². The maximum Gasteiger partial charge on any atom is 0.254 e. The van der Waals surface area contributed by atoms with Gasteiger partial charge in [-0.25, -0.2) is 4.39 Å². The molecule has 104 valence electrons. The van der Waals surface area contributed by atoms with Crippen molar-refractivity contribution in [3.8, 4) is 0 Å². The summed E-state index contributed by atoms with van der Waals surface area (Å²) in [6, 6.07) is 13.1. The van der Waals surface area contributed by atoms with Gasteiger partial charge in [-0.1, -0.05) is 18.2 Å². The minimum absolute atomic E-state index is 0.177. The monoisotopic (exact) mass is 272 g/mol. The molecule has 0 saturated heterocycles. The van der Waals surface area contributed by atoms with Crippen LogP contribution >= 0.6 is 0 Å². The number of carbonyl (C=O) groups is 1. The first-order chi connectivity index (χ1) is 9.60. The number of nitrogen functional groups attached to an aromatic ring is 1. The molecular formula is C16H17FN2O. The highest BCUT2D eigenvalue weighted by atomic mass is 19.1. The molecular weight excluding hydrogens is 255 g/mol. The third-order valence-electron chi connectivity index (χ3n) is 3.09. The van der Waals surface area contributed by atoms with Crippen LogP contribution in [0.2, 0.25) is 0 Å². The summed E-state index contributed by atoms with van der Waals surface area (Å²) >= 11 is 0. The molecule has 20 heavy (non-hydrogen) atoms. The van der Waals surface area contributed by atoms with E-state index in [0.29, 0.717) is 24.3 Å². The largest absolute Gasteiger partial charge is 0.399 e. The summed E-state index contributed by atoms with van der Waals surface area (Å²) in [4.78, 5) is 14.0. The van der Waals surface area contributed by atoms with Gasteiger partial charge in [0.1, 0.15) is 5.82 Å². The summed E-state index contributed by atoms with van der Waals surface area (Å²) in [5, 5.41) is 0. The molecule has 0 spiro atoms. The van der Waals surface area contributed by atoms with Gasteiger partial charge in [0.2, 0.25) is 0 Å². The van der Waals surface area contributed by atoms with E-state index in [1.807, 2.05) is 19.1 Å². The Morgan fingerprint density at radius 1 is 1.20 bits per heavy atom. The fourth-order valence-corrected chi connectivity index (χ4v) is 1.97. The number of anilines is 1. The minimum atomic E-state index is -0.403. The molecule has 1 amide bonds. The number of rotatable bonds is 4. The smallest absolute Gasteiger partial charge is 0.254 e. The zero-order valence-corrected chi connectivity index (χ0v) is 11.3. The number of benzene rings is 2. The summed E-state index contributed by atoms with van der Waals surface area (Å²) in [5.74, 6) is -0.580. The van der Waals surface area contributed by atoms with Crippen LogP contribution in [0.25, 0.3) is 0 Å². The maximum atomic E-state index is 13.2. The third-order valence-corrected chi connectivity index (χ3v) is 3.09. The molecule has 0 aliphatic carbocycles. The molecule has 0 fully saturated rings. The van der Waals surface area contributed by atoms with E-state index in [-0.39, 0.29) is 5.91 Å². The Kier molecular flexibility index (Phi) is 4.35. The van der Waals surface area contributed by atoms with E-state index < -0.39 is 5.82 Å². The number of hydrogen-bond acceptors (Lipinski definition) is 2. The predicted octanol–water partition coefficient (Wildman–Crippen LogP) is 3.07. The predicted molar refractivity (Wildman–Crippen MR) is 77.7 cm³/mol. The summed E-state index contributed by atoms with van der Waals surface area (Å²) in [6.45, 7) is 2.93. The van der Waals surface area contributed by atoms with E-state index in [9.17, 15) is 9.18 Å². The van der Waals surface area contributed by atoms with E-state index in [4.69, 9.17) is 5.73 Å². The normalized spacial score (nSPS) is 10.3. The van der Waals surface area contributed by atoms with Crippen LogP contribution in [0.5, 0.6) is 0 Å². The van der Waals surface area contributed by atoms with Crippen molar-refractivity contribution in [3.63, 3.8) is 0 Å². The van der Waals surface area contributed by atoms with E-state index in [2.05, 4.69) is 0 Å². The molecule has 0 aliphatic rings. The fraction of sp³-hybridized carbons (Fsp3) is 0.188. The maximum absolute atomic E-state index is 13.2. The van der Waals surface area contributed by atoms with Gasteiger partial charge in [-0.2, -0.15) is 0 Å². The van der Waals surface area contributed by atoms with Crippen LogP contribution in [0.1, 0.15) is 22.8 Å². The van der Waals surface area contributed by atoms with Gasteiger partial charge < -0.3 is 10.6 Å². The first-order valence-corrected chi connectivity index (χ1v) is 6.49. The molecule has 4 heteroatoms. The first-order valence-electron chi connectivity index (χ1n) is 6.49. The van der Waals surface area contributed by atoms with Crippen molar-refractivity contribution >= 4 is 11.6 Å². The Morgan fingerprint density at radius 2 is 1.90 bits per heavy atom. The van der Waals surface area contributed by atoms with Gasteiger partial charge in [-0.15, -0.1) is 0 Å². The molecule has 2 N–H and O–H groups in total. The summed E-state index contributed by atoms with van der Waals surface area (Å²) < 4.78 is 13.2. The molecule has 3 nitrogen and oxygen atoms in total.